The molecule has 4 heteroatoms. The Morgan fingerprint density at radius 1 is 1.42 bits per heavy atom. The Balaban J connectivity index is 1.79. The number of hydrogen-bond donors (Lipinski definition) is 0. The molecule has 2 unspecified atom stereocenters. The fraction of sp³-hybridized carbons (Fsp3) is 0.533. The zero-order valence-electron chi connectivity index (χ0n) is 11.2. The van der Waals surface area contributed by atoms with Gasteiger partial charge < -0.3 is 14.2 Å². The molecule has 1 fully saturated rings. The van der Waals surface area contributed by atoms with Crippen LogP contribution in [0, 0.1) is 11.3 Å². The second-order valence-corrected chi connectivity index (χ2v) is 4.66. The molecule has 2 rings (SSSR count). The Morgan fingerprint density at radius 3 is 3.00 bits per heavy atom. The standard InChI is InChI=1S/C15H19NO3/c1-12(19-15-8-4-5-9-17-15)11-18-14-7-3-2-6-13(14)10-16/h2-3,6-7,12,15H,4-5,8-9,11H2,1H3. The molecule has 0 saturated carbocycles. The fourth-order valence-electron chi connectivity index (χ4n) is 2.01. The van der Waals surface area contributed by atoms with Crippen LogP contribution < -0.4 is 4.74 Å². The molecule has 1 aliphatic rings. The molecule has 1 aliphatic heterocycles. The number of ether oxygens (including phenoxy) is 3. The number of nitrogens with zero attached hydrogens (tertiary/aromatic N) is 1. The van der Waals surface area contributed by atoms with E-state index in [9.17, 15) is 0 Å². The van der Waals surface area contributed by atoms with Crippen molar-refractivity contribution in [3.05, 3.63) is 29.8 Å². The predicted molar refractivity (Wildman–Crippen MR) is 70.8 cm³/mol. The number of hydrogen-bond acceptors (Lipinski definition) is 4. The van der Waals surface area contributed by atoms with Gasteiger partial charge in [-0.15, -0.1) is 0 Å². The summed E-state index contributed by atoms with van der Waals surface area (Å²) >= 11 is 0. The summed E-state index contributed by atoms with van der Waals surface area (Å²) in [6.07, 6.45) is 3.03. The van der Waals surface area contributed by atoms with Crippen LogP contribution in [-0.4, -0.2) is 25.6 Å². The van der Waals surface area contributed by atoms with Crippen LogP contribution in [0.5, 0.6) is 5.75 Å². The van der Waals surface area contributed by atoms with Gasteiger partial charge in [0.15, 0.2) is 6.29 Å². The molecule has 1 aromatic rings. The first-order chi connectivity index (χ1) is 9.29. The molecule has 0 aromatic heterocycles. The average Bonchev–Trinajstić information content (AvgIpc) is 2.46. The van der Waals surface area contributed by atoms with Crippen molar-refractivity contribution in [3.8, 4) is 11.8 Å². The summed E-state index contributed by atoms with van der Waals surface area (Å²) in [4.78, 5) is 0. The zero-order valence-corrected chi connectivity index (χ0v) is 11.2. The maximum Gasteiger partial charge on any atom is 0.158 e. The normalized spacial score (nSPS) is 20.5. The first-order valence-corrected chi connectivity index (χ1v) is 6.68. The molecule has 4 nitrogen and oxygen atoms in total. The fourth-order valence-corrected chi connectivity index (χ4v) is 2.01. The van der Waals surface area contributed by atoms with E-state index in [1.54, 1.807) is 12.1 Å². The van der Waals surface area contributed by atoms with Gasteiger partial charge in [-0.05, 0) is 38.3 Å². The average molecular weight is 261 g/mol. The molecule has 19 heavy (non-hydrogen) atoms. The van der Waals surface area contributed by atoms with Crippen LogP contribution in [0.25, 0.3) is 0 Å². The van der Waals surface area contributed by atoms with E-state index in [2.05, 4.69) is 6.07 Å². The largest absolute Gasteiger partial charge is 0.490 e. The van der Waals surface area contributed by atoms with Gasteiger partial charge in [0.25, 0.3) is 0 Å². The van der Waals surface area contributed by atoms with Gasteiger partial charge in [-0.2, -0.15) is 5.26 Å². The van der Waals surface area contributed by atoms with Crippen molar-refractivity contribution in [2.75, 3.05) is 13.2 Å². The van der Waals surface area contributed by atoms with Gasteiger partial charge in [0.2, 0.25) is 0 Å². The molecule has 0 amide bonds. The minimum absolute atomic E-state index is 0.0603. The van der Waals surface area contributed by atoms with Gasteiger partial charge >= 0.3 is 0 Å². The van der Waals surface area contributed by atoms with E-state index in [0.717, 1.165) is 25.9 Å². The molecule has 0 spiro atoms. The molecule has 1 heterocycles. The Kier molecular flexibility index (Phi) is 5.20. The second kappa shape index (κ2) is 7.13. The van der Waals surface area contributed by atoms with E-state index >= 15 is 0 Å². The van der Waals surface area contributed by atoms with E-state index < -0.39 is 0 Å². The van der Waals surface area contributed by atoms with Crippen LogP contribution in [0.1, 0.15) is 31.7 Å². The Labute approximate surface area is 113 Å². The summed E-state index contributed by atoms with van der Waals surface area (Å²) in [5.41, 5.74) is 0.545. The molecule has 1 aromatic carbocycles. The topological polar surface area (TPSA) is 51.5 Å². The number of nitriles is 1. The van der Waals surface area contributed by atoms with Gasteiger partial charge in [-0.25, -0.2) is 0 Å². The molecular formula is C15H19NO3. The predicted octanol–water partition coefficient (Wildman–Crippen LogP) is 2.87. The highest BCUT2D eigenvalue weighted by molar-refractivity contribution is 5.42. The molecule has 0 aliphatic carbocycles. The van der Waals surface area contributed by atoms with Gasteiger partial charge in [-0.3, -0.25) is 0 Å². The first kappa shape index (κ1) is 13.9. The highest BCUT2D eigenvalue weighted by Crippen LogP contribution is 2.18. The van der Waals surface area contributed by atoms with Crippen molar-refractivity contribution < 1.29 is 14.2 Å². The van der Waals surface area contributed by atoms with Gasteiger partial charge in [0.05, 0.1) is 11.7 Å². The van der Waals surface area contributed by atoms with Crippen LogP contribution >= 0.6 is 0 Å². The molecule has 0 radical (unpaired) electrons. The second-order valence-electron chi connectivity index (χ2n) is 4.66. The Morgan fingerprint density at radius 2 is 2.26 bits per heavy atom. The van der Waals surface area contributed by atoms with Crippen LogP contribution in [0.2, 0.25) is 0 Å². The lowest BCUT2D eigenvalue weighted by Crippen LogP contribution is -2.29. The van der Waals surface area contributed by atoms with E-state index in [4.69, 9.17) is 19.5 Å². The molecule has 0 N–H and O–H groups in total. The molecule has 2 atom stereocenters. The summed E-state index contributed by atoms with van der Waals surface area (Å²) in [6.45, 7) is 3.14. The van der Waals surface area contributed by atoms with Crippen LogP contribution in [0.4, 0.5) is 0 Å². The third-order valence-electron chi connectivity index (χ3n) is 3.00. The van der Waals surface area contributed by atoms with E-state index in [0.29, 0.717) is 17.9 Å². The van der Waals surface area contributed by atoms with Crippen molar-refractivity contribution in [2.24, 2.45) is 0 Å². The van der Waals surface area contributed by atoms with E-state index in [1.165, 1.54) is 0 Å². The quantitative estimate of drug-likeness (QED) is 0.817. The lowest BCUT2D eigenvalue weighted by atomic mass is 10.2. The smallest absolute Gasteiger partial charge is 0.158 e. The van der Waals surface area contributed by atoms with Gasteiger partial charge in [0.1, 0.15) is 18.4 Å². The first-order valence-electron chi connectivity index (χ1n) is 6.68. The van der Waals surface area contributed by atoms with Crippen LogP contribution in [0.3, 0.4) is 0 Å². The number of para-hydroxylation sites is 1. The van der Waals surface area contributed by atoms with Crippen LogP contribution in [-0.2, 0) is 9.47 Å². The minimum Gasteiger partial charge on any atom is -0.490 e. The molecule has 0 bridgehead atoms. The summed E-state index contributed by atoms with van der Waals surface area (Å²) in [5, 5.41) is 8.96. The summed E-state index contributed by atoms with van der Waals surface area (Å²) < 4.78 is 16.9. The lowest BCUT2D eigenvalue weighted by Gasteiger charge is -2.26. The SMILES string of the molecule is CC(COc1ccccc1C#N)OC1CCCCO1. The van der Waals surface area contributed by atoms with Gasteiger partial charge in [-0.1, -0.05) is 12.1 Å². The van der Waals surface area contributed by atoms with Crippen molar-refractivity contribution in [3.63, 3.8) is 0 Å². The Hall–Kier alpha value is -1.57. The van der Waals surface area contributed by atoms with E-state index in [-0.39, 0.29) is 12.4 Å². The van der Waals surface area contributed by atoms with Crippen molar-refractivity contribution in [1.82, 2.24) is 0 Å². The van der Waals surface area contributed by atoms with Crippen molar-refractivity contribution in [2.45, 2.75) is 38.6 Å². The summed E-state index contributed by atoms with van der Waals surface area (Å²) in [5.74, 6) is 0.602. The maximum atomic E-state index is 8.96. The molecule has 102 valence electrons. The van der Waals surface area contributed by atoms with Crippen LogP contribution in [0.15, 0.2) is 24.3 Å². The highest BCUT2D eigenvalue weighted by atomic mass is 16.7. The molecule has 1 saturated heterocycles. The zero-order chi connectivity index (χ0) is 13.5. The van der Waals surface area contributed by atoms with Crippen molar-refractivity contribution in [1.29, 1.82) is 5.26 Å². The van der Waals surface area contributed by atoms with Crippen molar-refractivity contribution >= 4 is 0 Å². The third kappa shape index (κ3) is 4.23. The molecular weight excluding hydrogens is 242 g/mol. The third-order valence-corrected chi connectivity index (χ3v) is 3.00. The monoisotopic (exact) mass is 261 g/mol. The highest BCUT2D eigenvalue weighted by Gasteiger charge is 2.17. The van der Waals surface area contributed by atoms with Gasteiger partial charge in [0, 0.05) is 6.61 Å². The number of rotatable bonds is 5. The lowest BCUT2D eigenvalue weighted by molar-refractivity contribution is -0.189. The van der Waals surface area contributed by atoms with E-state index in [1.807, 2.05) is 19.1 Å². The summed E-state index contributed by atoms with van der Waals surface area (Å²) in [6, 6.07) is 9.32. The summed E-state index contributed by atoms with van der Waals surface area (Å²) in [7, 11) is 0. The number of benzene rings is 1. The Bertz CT molecular complexity index is 435. The minimum atomic E-state index is -0.112. The maximum absolute atomic E-state index is 8.96.